The Hall–Kier alpha value is -3.22. The van der Waals surface area contributed by atoms with E-state index in [2.05, 4.69) is 40.5 Å². The predicted molar refractivity (Wildman–Crippen MR) is 138 cm³/mol. The summed E-state index contributed by atoms with van der Waals surface area (Å²) in [6.45, 7) is 0.714. The highest BCUT2D eigenvalue weighted by atomic mass is 32.1. The molecule has 6 heteroatoms. The number of aromatic nitrogens is 1. The van der Waals surface area contributed by atoms with Crippen LogP contribution in [0.1, 0.15) is 35.6 Å². The van der Waals surface area contributed by atoms with Crippen LogP contribution in [-0.4, -0.2) is 36.5 Å². The largest absolute Gasteiger partial charge is 0.483 e. The number of hydrogen-bond acceptors (Lipinski definition) is 5. The molecule has 5 nitrogen and oxygen atoms in total. The number of ether oxygens (including phenoxy) is 1. The molecule has 4 aromatic rings. The van der Waals surface area contributed by atoms with Gasteiger partial charge in [0.1, 0.15) is 10.8 Å². The highest BCUT2D eigenvalue weighted by Gasteiger charge is 2.21. The lowest BCUT2D eigenvalue weighted by atomic mass is 9.88. The zero-order chi connectivity index (χ0) is 23.5. The van der Waals surface area contributed by atoms with Crippen LogP contribution in [-0.2, 0) is 17.8 Å². The summed E-state index contributed by atoms with van der Waals surface area (Å²) in [7, 11) is 4.06. The number of benzene rings is 3. The molecule has 1 heterocycles. The fraction of sp³-hybridized carbons (Fsp3) is 0.286. The molecule has 1 amide bonds. The zero-order valence-corrected chi connectivity index (χ0v) is 20.4. The molecule has 174 valence electrons. The van der Waals surface area contributed by atoms with Gasteiger partial charge in [-0.3, -0.25) is 4.79 Å². The molecule has 0 aliphatic heterocycles. The summed E-state index contributed by atoms with van der Waals surface area (Å²) in [5.41, 5.74) is 5.68. The van der Waals surface area contributed by atoms with Crippen LogP contribution in [0.25, 0.3) is 20.8 Å². The van der Waals surface area contributed by atoms with Crippen molar-refractivity contribution in [1.82, 2.24) is 15.2 Å². The van der Waals surface area contributed by atoms with Crippen LogP contribution in [0.2, 0.25) is 0 Å². The number of thiazole rings is 1. The van der Waals surface area contributed by atoms with Crippen LogP contribution in [0, 0.1) is 0 Å². The number of nitrogens with one attached hydrogen (secondary N) is 1. The Labute approximate surface area is 204 Å². The van der Waals surface area contributed by atoms with Gasteiger partial charge in [-0.25, -0.2) is 4.98 Å². The standard InChI is InChI=1S/C28H29N3O2S/c1-31(2)17-21-16-20(28-30-24-11-5-6-13-26(24)34-28)14-15-25(21)33-18-27(32)29-23-12-7-9-19-8-3-4-10-22(19)23/h3-6,8,10-11,13-16,23H,7,9,12,17-18H2,1-2H3,(H,29,32). The van der Waals surface area contributed by atoms with Crippen molar-refractivity contribution in [3.63, 3.8) is 0 Å². The van der Waals surface area contributed by atoms with Gasteiger partial charge >= 0.3 is 0 Å². The maximum Gasteiger partial charge on any atom is 0.258 e. The lowest BCUT2D eigenvalue weighted by molar-refractivity contribution is -0.124. The van der Waals surface area contributed by atoms with E-state index in [1.54, 1.807) is 11.3 Å². The number of fused-ring (bicyclic) bond motifs is 2. The van der Waals surface area contributed by atoms with Gasteiger partial charge in [0, 0.05) is 17.7 Å². The Kier molecular flexibility index (Phi) is 6.61. The van der Waals surface area contributed by atoms with Gasteiger partial charge in [0.05, 0.1) is 16.3 Å². The minimum Gasteiger partial charge on any atom is -0.483 e. The zero-order valence-electron chi connectivity index (χ0n) is 19.6. The van der Waals surface area contributed by atoms with E-state index in [1.807, 2.05) is 50.5 Å². The van der Waals surface area contributed by atoms with E-state index in [-0.39, 0.29) is 18.6 Å². The Morgan fingerprint density at radius 3 is 2.79 bits per heavy atom. The number of para-hydroxylation sites is 1. The first-order valence-corrected chi connectivity index (χ1v) is 12.5. The van der Waals surface area contributed by atoms with Crippen molar-refractivity contribution in [1.29, 1.82) is 0 Å². The van der Waals surface area contributed by atoms with Crippen LogP contribution in [0.15, 0.2) is 66.7 Å². The van der Waals surface area contributed by atoms with Gasteiger partial charge in [0.15, 0.2) is 6.61 Å². The van der Waals surface area contributed by atoms with Crippen LogP contribution in [0.3, 0.4) is 0 Å². The average molecular weight is 472 g/mol. The fourth-order valence-corrected chi connectivity index (χ4v) is 5.56. The third kappa shape index (κ3) is 4.98. The molecule has 1 aliphatic carbocycles. The third-order valence-corrected chi connectivity index (χ3v) is 7.24. The number of carbonyl (C=O) groups is 1. The third-order valence-electron chi connectivity index (χ3n) is 6.15. The maximum atomic E-state index is 12.8. The van der Waals surface area contributed by atoms with Gasteiger partial charge in [0.25, 0.3) is 5.91 Å². The van der Waals surface area contributed by atoms with E-state index in [0.29, 0.717) is 6.54 Å². The van der Waals surface area contributed by atoms with E-state index in [0.717, 1.165) is 46.7 Å². The first-order chi connectivity index (χ1) is 16.6. The van der Waals surface area contributed by atoms with E-state index in [9.17, 15) is 4.79 Å². The molecule has 1 N–H and O–H groups in total. The Morgan fingerprint density at radius 1 is 1.12 bits per heavy atom. The van der Waals surface area contributed by atoms with E-state index in [4.69, 9.17) is 9.72 Å². The molecule has 0 saturated heterocycles. The normalized spacial score (nSPS) is 15.3. The topological polar surface area (TPSA) is 54.5 Å². The van der Waals surface area contributed by atoms with Crippen LogP contribution >= 0.6 is 11.3 Å². The highest BCUT2D eigenvalue weighted by molar-refractivity contribution is 7.21. The maximum absolute atomic E-state index is 12.8. The monoisotopic (exact) mass is 471 g/mol. The summed E-state index contributed by atoms with van der Waals surface area (Å²) in [5, 5.41) is 4.16. The Bertz CT molecular complexity index is 1280. The first-order valence-electron chi connectivity index (χ1n) is 11.7. The Morgan fingerprint density at radius 2 is 1.94 bits per heavy atom. The molecule has 1 aromatic heterocycles. The molecule has 0 bridgehead atoms. The Balaban J connectivity index is 1.30. The molecule has 3 aromatic carbocycles. The highest BCUT2D eigenvalue weighted by Crippen LogP contribution is 2.33. The number of amides is 1. The predicted octanol–water partition coefficient (Wildman–Crippen LogP) is 5.60. The quantitative estimate of drug-likeness (QED) is 0.381. The van der Waals surface area contributed by atoms with Gasteiger partial charge in [-0.05, 0) is 74.8 Å². The molecular formula is C28H29N3O2S. The van der Waals surface area contributed by atoms with Gasteiger partial charge < -0.3 is 15.0 Å². The second-order valence-corrected chi connectivity index (χ2v) is 10.1. The molecule has 1 unspecified atom stereocenters. The van der Waals surface area contributed by atoms with E-state index >= 15 is 0 Å². The van der Waals surface area contributed by atoms with Crippen molar-refractivity contribution < 1.29 is 9.53 Å². The van der Waals surface area contributed by atoms with Crippen molar-refractivity contribution in [3.05, 3.63) is 83.4 Å². The van der Waals surface area contributed by atoms with E-state index < -0.39 is 0 Å². The SMILES string of the molecule is CN(C)Cc1cc(-c2nc3ccccc3s2)ccc1OCC(=O)NC1CCCc2ccccc21. The first kappa shape index (κ1) is 22.6. The summed E-state index contributed by atoms with van der Waals surface area (Å²) in [6.07, 6.45) is 3.13. The molecular weight excluding hydrogens is 442 g/mol. The molecule has 0 fully saturated rings. The molecule has 0 spiro atoms. The van der Waals surface area contributed by atoms with Crippen LogP contribution < -0.4 is 10.1 Å². The van der Waals surface area contributed by atoms with Crippen molar-refractivity contribution in [2.75, 3.05) is 20.7 Å². The lowest BCUT2D eigenvalue weighted by Gasteiger charge is -2.26. The van der Waals surface area contributed by atoms with Gasteiger partial charge in [-0.2, -0.15) is 0 Å². The van der Waals surface area contributed by atoms with Crippen LogP contribution in [0.4, 0.5) is 0 Å². The van der Waals surface area contributed by atoms with Crippen molar-refractivity contribution in [2.45, 2.75) is 31.8 Å². The summed E-state index contributed by atoms with van der Waals surface area (Å²) in [4.78, 5) is 19.7. The second kappa shape index (κ2) is 9.95. The van der Waals surface area contributed by atoms with Gasteiger partial charge in [-0.1, -0.05) is 36.4 Å². The van der Waals surface area contributed by atoms with Crippen molar-refractivity contribution in [2.24, 2.45) is 0 Å². The number of aryl methyl sites for hydroxylation is 1. The smallest absolute Gasteiger partial charge is 0.258 e. The van der Waals surface area contributed by atoms with Crippen molar-refractivity contribution >= 4 is 27.5 Å². The summed E-state index contributed by atoms with van der Waals surface area (Å²) < 4.78 is 7.20. The second-order valence-electron chi connectivity index (χ2n) is 9.05. The van der Waals surface area contributed by atoms with Crippen molar-refractivity contribution in [3.8, 4) is 16.3 Å². The number of nitrogens with zero attached hydrogens (tertiary/aromatic N) is 2. The summed E-state index contributed by atoms with van der Waals surface area (Å²) >= 11 is 1.69. The fourth-order valence-electron chi connectivity index (χ4n) is 4.60. The number of hydrogen-bond donors (Lipinski definition) is 1. The van der Waals surface area contributed by atoms with Gasteiger partial charge in [0.2, 0.25) is 0 Å². The number of carbonyl (C=O) groups excluding carboxylic acids is 1. The van der Waals surface area contributed by atoms with Crippen LogP contribution in [0.5, 0.6) is 5.75 Å². The average Bonchev–Trinajstić information content (AvgIpc) is 3.27. The summed E-state index contributed by atoms with van der Waals surface area (Å²) in [6, 6.07) is 22.7. The minimum absolute atomic E-state index is 0.000417. The molecule has 0 saturated carbocycles. The molecule has 1 aliphatic rings. The molecule has 0 radical (unpaired) electrons. The lowest BCUT2D eigenvalue weighted by Crippen LogP contribution is -2.34. The molecule has 1 atom stereocenters. The van der Waals surface area contributed by atoms with Gasteiger partial charge in [-0.15, -0.1) is 11.3 Å². The van der Waals surface area contributed by atoms with E-state index in [1.165, 1.54) is 15.8 Å². The minimum atomic E-state index is -0.0900. The molecule has 34 heavy (non-hydrogen) atoms. The number of rotatable bonds is 7. The molecule has 5 rings (SSSR count). The summed E-state index contributed by atoms with van der Waals surface area (Å²) in [5.74, 6) is 0.644.